The van der Waals surface area contributed by atoms with E-state index < -0.39 is 15.9 Å². The lowest BCUT2D eigenvalue weighted by Gasteiger charge is -2.07. The van der Waals surface area contributed by atoms with Gasteiger partial charge in [0.25, 0.3) is 5.91 Å². The number of nitrogens with one attached hydrogen (secondary N) is 3. The average molecular weight is 400 g/mol. The van der Waals surface area contributed by atoms with Crippen LogP contribution in [0.3, 0.4) is 0 Å². The number of anilines is 1. The number of aryl methyl sites for hydroxylation is 1. The van der Waals surface area contributed by atoms with Crippen LogP contribution in [0, 0.1) is 0 Å². The molecule has 10 heteroatoms. The number of aromatic nitrogens is 4. The maximum Gasteiger partial charge on any atom is 0.272 e. The molecule has 1 aromatic carbocycles. The number of H-pyrrole nitrogens is 1. The van der Waals surface area contributed by atoms with Crippen LogP contribution in [0.5, 0.6) is 0 Å². The lowest BCUT2D eigenvalue weighted by atomic mass is 10.2. The molecule has 0 bridgehead atoms. The second-order valence-electron chi connectivity index (χ2n) is 6.73. The Morgan fingerprint density at radius 1 is 1.29 bits per heavy atom. The van der Waals surface area contributed by atoms with Crippen LogP contribution in [-0.4, -0.2) is 41.1 Å². The summed E-state index contributed by atoms with van der Waals surface area (Å²) in [5.74, 6) is 1.54. The van der Waals surface area contributed by atoms with E-state index in [9.17, 15) is 13.2 Å². The second-order valence-corrected chi connectivity index (χ2v) is 8.62. The van der Waals surface area contributed by atoms with Crippen LogP contribution in [0.15, 0.2) is 41.4 Å². The molecule has 146 valence electrons. The summed E-state index contributed by atoms with van der Waals surface area (Å²) < 4.78 is 27.6. The number of amides is 1. The van der Waals surface area contributed by atoms with E-state index >= 15 is 0 Å². The van der Waals surface area contributed by atoms with E-state index in [4.69, 9.17) is 0 Å². The van der Waals surface area contributed by atoms with E-state index in [1.165, 1.54) is 23.9 Å². The molecule has 2 aromatic heterocycles. The number of sulfonamides is 1. The molecule has 0 radical (unpaired) electrons. The van der Waals surface area contributed by atoms with Crippen LogP contribution < -0.4 is 10.0 Å². The molecule has 0 spiro atoms. The smallest absolute Gasteiger partial charge is 0.272 e. The number of carbonyl (C=O) groups is 1. The van der Waals surface area contributed by atoms with Gasteiger partial charge in [-0.1, -0.05) is 12.1 Å². The predicted octanol–water partition coefficient (Wildman–Crippen LogP) is 1.85. The quantitative estimate of drug-likeness (QED) is 0.583. The predicted molar refractivity (Wildman–Crippen MR) is 103 cm³/mol. The molecule has 0 saturated heterocycles. The lowest BCUT2D eigenvalue weighted by Crippen LogP contribution is -2.18. The van der Waals surface area contributed by atoms with Gasteiger partial charge in [0.05, 0.1) is 0 Å². The number of rotatable bonds is 6. The number of carbonyl (C=O) groups excluding carboxylic acids is 1. The minimum atomic E-state index is -3.62. The zero-order chi connectivity index (χ0) is 19.9. The Hall–Kier alpha value is -2.98. The second kappa shape index (κ2) is 6.88. The number of hydrogen-bond acceptors (Lipinski definition) is 5. The van der Waals surface area contributed by atoms with Crippen molar-refractivity contribution in [2.24, 2.45) is 7.05 Å². The zero-order valence-corrected chi connectivity index (χ0v) is 16.2. The van der Waals surface area contributed by atoms with Crippen molar-refractivity contribution in [3.05, 3.63) is 48.0 Å². The summed E-state index contributed by atoms with van der Waals surface area (Å²) >= 11 is 0. The van der Waals surface area contributed by atoms with Crippen LogP contribution in [0.4, 0.5) is 5.69 Å². The molecule has 0 aliphatic heterocycles. The fraction of sp³-hybridized carbons (Fsp3) is 0.278. The molecule has 1 amide bonds. The fourth-order valence-electron chi connectivity index (χ4n) is 2.90. The van der Waals surface area contributed by atoms with Gasteiger partial charge < -0.3 is 9.88 Å². The molecular formula is C18H20N6O3S. The van der Waals surface area contributed by atoms with Crippen molar-refractivity contribution >= 4 is 21.6 Å². The van der Waals surface area contributed by atoms with Crippen LogP contribution in [0.25, 0.3) is 11.4 Å². The van der Waals surface area contributed by atoms with Gasteiger partial charge in [0.1, 0.15) is 16.4 Å². The van der Waals surface area contributed by atoms with Gasteiger partial charge in [0.2, 0.25) is 10.0 Å². The number of aromatic amines is 1. The summed E-state index contributed by atoms with van der Waals surface area (Å²) in [4.78, 5) is 17.2. The van der Waals surface area contributed by atoms with Crippen LogP contribution >= 0.6 is 0 Å². The lowest BCUT2D eigenvalue weighted by molar-refractivity contribution is 0.101. The highest BCUT2D eigenvalue weighted by atomic mass is 32.2. The minimum Gasteiger partial charge on any atom is -0.345 e. The summed E-state index contributed by atoms with van der Waals surface area (Å²) in [7, 11) is -0.677. The van der Waals surface area contributed by atoms with Crippen LogP contribution in [0.1, 0.15) is 35.1 Å². The Bertz CT molecular complexity index is 1140. The topological polar surface area (TPSA) is 122 Å². The molecule has 1 aliphatic rings. The largest absolute Gasteiger partial charge is 0.345 e. The molecule has 28 heavy (non-hydrogen) atoms. The summed E-state index contributed by atoms with van der Waals surface area (Å²) in [5.41, 5.74) is 1.58. The summed E-state index contributed by atoms with van der Waals surface area (Å²) in [5, 5.41) is 10.0. The van der Waals surface area contributed by atoms with Gasteiger partial charge in [-0.3, -0.25) is 9.89 Å². The Morgan fingerprint density at radius 2 is 2.07 bits per heavy atom. The van der Waals surface area contributed by atoms with Crippen molar-refractivity contribution in [2.45, 2.75) is 23.7 Å². The number of benzene rings is 1. The summed E-state index contributed by atoms with van der Waals surface area (Å²) in [6.45, 7) is 0. The van der Waals surface area contributed by atoms with Crippen molar-refractivity contribution in [2.75, 3.05) is 12.4 Å². The molecule has 9 nitrogen and oxygen atoms in total. The highest BCUT2D eigenvalue weighted by Crippen LogP contribution is 2.38. The van der Waals surface area contributed by atoms with E-state index in [2.05, 4.69) is 25.2 Å². The van der Waals surface area contributed by atoms with Crippen LogP contribution in [-0.2, 0) is 17.1 Å². The highest BCUT2D eigenvalue weighted by Gasteiger charge is 2.27. The summed E-state index contributed by atoms with van der Waals surface area (Å²) in [6, 6.07) is 8.55. The van der Waals surface area contributed by atoms with Gasteiger partial charge in [-0.05, 0) is 38.1 Å². The van der Waals surface area contributed by atoms with Gasteiger partial charge in [-0.2, -0.15) is 5.10 Å². The third-order valence-electron chi connectivity index (χ3n) is 4.64. The molecule has 3 aromatic rings. The fourth-order valence-corrected chi connectivity index (χ4v) is 3.70. The van der Waals surface area contributed by atoms with Crippen molar-refractivity contribution in [1.29, 1.82) is 0 Å². The SMILES string of the molecule is CNS(=O)(=O)c1cc(C(=O)Nc2cccc(-c3n[nH]c(C4CC4)n3)c2)n(C)c1. The average Bonchev–Trinajstić information content (AvgIpc) is 3.26. The Labute approximate surface area is 162 Å². The third-order valence-corrected chi connectivity index (χ3v) is 6.02. The molecule has 4 rings (SSSR count). The molecule has 1 saturated carbocycles. The molecule has 1 fully saturated rings. The van der Waals surface area contributed by atoms with Gasteiger partial charge in [0.15, 0.2) is 5.82 Å². The third kappa shape index (κ3) is 3.56. The van der Waals surface area contributed by atoms with Gasteiger partial charge >= 0.3 is 0 Å². The number of nitrogens with zero attached hydrogens (tertiary/aromatic N) is 3. The molecule has 0 unspecified atom stereocenters. The van der Waals surface area contributed by atoms with Gasteiger partial charge in [-0.25, -0.2) is 18.1 Å². The van der Waals surface area contributed by atoms with Crippen LogP contribution in [0.2, 0.25) is 0 Å². The summed E-state index contributed by atoms with van der Waals surface area (Å²) in [6.07, 6.45) is 3.66. The first-order valence-corrected chi connectivity index (χ1v) is 10.3. The van der Waals surface area contributed by atoms with Crippen molar-refractivity contribution in [1.82, 2.24) is 24.5 Å². The molecule has 1 aliphatic carbocycles. The Kier molecular flexibility index (Phi) is 4.52. The maximum absolute atomic E-state index is 12.6. The zero-order valence-electron chi connectivity index (χ0n) is 15.4. The molecule has 0 atom stereocenters. The first-order chi connectivity index (χ1) is 13.4. The Balaban J connectivity index is 1.55. The van der Waals surface area contributed by atoms with Crippen molar-refractivity contribution in [3.63, 3.8) is 0 Å². The van der Waals surface area contributed by atoms with Crippen molar-refractivity contribution < 1.29 is 13.2 Å². The highest BCUT2D eigenvalue weighted by molar-refractivity contribution is 7.89. The first kappa shape index (κ1) is 18.4. The van der Waals surface area contributed by atoms with Gasteiger partial charge in [0, 0.05) is 30.4 Å². The molecular weight excluding hydrogens is 380 g/mol. The molecule has 2 heterocycles. The first-order valence-electron chi connectivity index (χ1n) is 8.81. The maximum atomic E-state index is 12.6. The minimum absolute atomic E-state index is 0.0322. The van der Waals surface area contributed by atoms with E-state index in [-0.39, 0.29) is 10.6 Å². The van der Waals surface area contributed by atoms with Gasteiger partial charge in [-0.15, -0.1) is 0 Å². The van der Waals surface area contributed by atoms with Crippen molar-refractivity contribution in [3.8, 4) is 11.4 Å². The molecule has 3 N–H and O–H groups in total. The van der Waals surface area contributed by atoms with E-state index in [0.717, 1.165) is 24.2 Å². The normalized spacial score (nSPS) is 14.2. The van der Waals surface area contributed by atoms with E-state index in [0.29, 0.717) is 17.4 Å². The monoisotopic (exact) mass is 400 g/mol. The van der Waals surface area contributed by atoms with E-state index in [1.807, 2.05) is 6.07 Å². The Morgan fingerprint density at radius 3 is 2.79 bits per heavy atom. The standard InChI is InChI=1S/C18H20N6O3S/c1-19-28(26,27)14-9-15(24(2)10-14)18(25)20-13-5-3-4-12(8-13)17-21-16(22-23-17)11-6-7-11/h3-5,8-11,19H,6-7H2,1-2H3,(H,20,25)(H,21,22,23). The van der Waals surface area contributed by atoms with E-state index in [1.54, 1.807) is 25.2 Å². The number of hydrogen-bond donors (Lipinski definition) is 3.